The van der Waals surface area contributed by atoms with Gasteiger partial charge in [0.25, 0.3) is 11.6 Å². The lowest BCUT2D eigenvalue weighted by molar-refractivity contribution is -0.385. The molecule has 1 amide bonds. The van der Waals surface area contributed by atoms with Crippen molar-refractivity contribution in [3.63, 3.8) is 0 Å². The molecule has 1 aromatic heterocycles. The van der Waals surface area contributed by atoms with Gasteiger partial charge in [-0.1, -0.05) is 41.6 Å². The van der Waals surface area contributed by atoms with E-state index in [2.05, 4.69) is 10.1 Å². The van der Waals surface area contributed by atoms with E-state index in [0.717, 1.165) is 12.0 Å². The maximum absolute atomic E-state index is 13.0. The number of carbonyl (C=O) groups is 1. The molecular weight excluding hydrogens is 360 g/mol. The Morgan fingerprint density at radius 1 is 1.25 bits per heavy atom. The molecule has 142 valence electrons. The number of hydrogen-bond acceptors (Lipinski definition) is 6. The summed E-state index contributed by atoms with van der Waals surface area (Å²) in [5.41, 5.74) is 1.57. The standard InChI is InChI=1S/C20H18N4O4/c1-13-9-10-15(12-17(13)24(26)27)20(25)23-11-5-8-16(23)19-21-18(22-28-19)14-6-3-2-4-7-14/h2-4,6-7,9-10,12,16H,5,8,11H2,1H3/t16-/m1/s1. The van der Waals surface area contributed by atoms with Crippen LogP contribution in [0, 0.1) is 17.0 Å². The molecule has 0 bridgehead atoms. The van der Waals surface area contributed by atoms with E-state index in [1.54, 1.807) is 24.0 Å². The van der Waals surface area contributed by atoms with Gasteiger partial charge in [-0.05, 0) is 25.8 Å². The quantitative estimate of drug-likeness (QED) is 0.503. The van der Waals surface area contributed by atoms with Crippen LogP contribution in [-0.2, 0) is 0 Å². The zero-order valence-electron chi connectivity index (χ0n) is 15.2. The molecule has 28 heavy (non-hydrogen) atoms. The summed E-state index contributed by atoms with van der Waals surface area (Å²) in [6.07, 6.45) is 1.50. The lowest BCUT2D eigenvalue weighted by atomic mass is 10.1. The Kier molecular flexibility index (Phi) is 4.60. The van der Waals surface area contributed by atoms with Crippen LogP contribution in [0.2, 0.25) is 0 Å². The highest BCUT2D eigenvalue weighted by Gasteiger charge is 2.35. The topological polar surface area (TPSA) is 102 Å². The van der Waals surface area contributed by atoms with Crippen molar-refractivity contribution in [2.75, 3.05) is 6.54 Å². The van der Waals surface area contributed by atoms with Crippen molar-refractivity contribution in [3.8, 4) is 11.4 Å². The fourth-order valence-corrected chi connectivity index (χ4v) is 3.45. The number of nitro benzene ring substituents is 1. The van der Waals surface area contributed by atoms with E-state index < -0.39 is 4.92 Å². The summed E-state index contributed by atoms with van der Waals surface area (Å²) in [7, 11) is 0. The van der Waals surface area contributed by atoms with Gasteiger partial charge in [0.1, 0.15) is 6.04 Å². The molecule has 1 aliphatic rings. The first-order valence-electron chi connectivity index (χ1n) is 8.99. The summed E-state index contributed by atoms with van der Waals surface area (Å²) < 4.78 is 5.44. The van der Waals surface area contributed by atoms with Crippen molar-refractivity contribution in [2.24, 2.45) is 0 Å². The van der Waals surface area contributed by atoms with Crippen molar-refractivity contribution >= 4 is 11.6 Å². The number of benzene rings is 2. The Hall–Kier alpha value is -3.55. The van der Waals surface area contributed by atoms with Crippen LogP contribution >= 0.6 is 0 Å². The average molecular weight is 378 g/mol. The monoisotopic (exact) mass is 378 g/mol. The number of amides is 1. The lowest BCUT2D eigenvalue weighted by Gasteiger charge is -2.22. The van der Waals surface area contributed by atoms with E-state index in [1.807, 2.05) is 30.3 Å². The fourth-order valence-electron chi connectivity index (χ4n) is 3.45. The molecule has 8 nitrogen and oxygen atoms in total. The third-order valence-electron chi connectivity index (χ3n) is 4.93. The molecule has 1 aliphatic heterocycles. The van der Waals surface area contributed by atoms with Gasteiger partial charge in [0, 0.05) is 29.3 Å². The van der Waals surface area contributed by atoms with Crippen LogP contribution in [0.3, 0.4) is 0 Å². The van der Waals surface area contributed by atoms with E-state index in [-0.39, 0.29) is 23.2 Å². The molecule has 8 heteroatoms. The van der Waals surface area contributed by atoms with Gasteiger partial charge in [-0.15, -0.1) is 0 Å². The number of carbonyl (C=O) groups excluding carboxylic acids is 1. The molecule has 0 aliphatic carbocycles. The Labute approximate surface area is 160 Å². The first-order valence-corrected chi connectivity index (χ1v) is 8.99. The fraction of sp³-hybridized carbons (Fsp3) is 0.250. The summed E-state index contributed by atoms with van der Waals surface area (Å²) >= 11 is 0. The molecule has 1 fully saturated rings. The Balaban J connectivity index is 1.61. The van der Waals surface area contributed by atoms with Crippen LogP contribution in [-0.4, -0.2) is 32.4 Å². The minimum absolute atomic E-state index is 0.0641. The maximum atomic E-state index is 13.0. The van der Waals surface area contributed by atoms with Crippen LogP contribution < -0.4 is 0 Å². The molecule has 3 aromatic rings. The lowest BCUT2D eigenvalue weighted by Crippen LogP contribution is -2.30. The van der Waals surface area contributed by atoms with Crippen molar-refractivity contribution in [3.05, 3.63) is 75.7 Å². The molecule has 0 radical (unpaired) electrons. The zero-order chi connectivity index (χ0) is 19.7. The normalized spacial score (nSPS) is 16.3. The highest BCUT2D eigenvalue weighted by Crippen LogP contribution is 2.33. The number of likely N-dealkylation sites (tertiary alicyclic amines) is 1. The zero-order valence-corrected chi connectivity index (χ0v) is 15.2. The van der Waals surface area contributed by atoms with Crippen LogP contribution in [0.4, 0.5) is 5.69 Å². The second-order valence-electron chi connectivity index (χ2n) is 6.74. The van der Waals surface area contributed by atoms with Gasteiger partial charge in [0.15, 0.2) is 0 Å². The van der Waals surface area contributed by atoms with Gasteiger partial charge in [-0.3, -0.25) is 14.9 Å². The molecule has 0 unspecified atom stereocenters. The predicted molar refractivity (Wildman–Crippen MR) is 101 cm³/mol. The molecular formula is C20H18N4O4. The number of hydrogen-bond donors (Lipinski definition) is 0. The molecule has 2 aromatic carbocycles. The number of aromatic nitrogens is 2. The van der Waals surface area contributed by atoms with Gasteiger partial charge >= 0.3 is 0 Å². The van der Waals surface area contributed by atoms with Crippen molar-refractivity contribution in [1.82, 2.24) is 15.0 Å². The molecule has 1 saturated heterocycles. The minimum atomic E-state index is -0.474. The van der Waals surface area contributed by atoms with Crippen molar-refractivity contribution < 1.29 is 14.2 Å². The highest BCUT2D eigenvalue weighted by molar-refractivity contribution is 5.95. The Bertz CT molecular complexity index is 1030. The molecule has 4 rings (SSSR count). The van der Waals surface area contributed by atoms with E-state index in [1.165, 1.54) is 6.07 Å². The Morgan fingerprint density at radius 2 is 2.04 bits per heavy atom. The molecule has 0 spiro atoms. The van der Waals surface area contributed by atoms with E-state index in [0.29, 0.717) is 30.2 Å². The highest BCUT2D eigenvalue weighted by atomic mass is 16.6. The number of rotatable bonds is 4. The van der Waals surface area contributed by atoms with Crippen LogP contribution in [0.1, 0.15) is 40.7 Å². The Morgan fingerprint density at radius 3 is 2.79 bits per heavy atom. The predicted octanol–water partition coefficient (Wildman–Crippen LogP) is 3.93. The summed E-state index contributed by atoms with van der Waals surface area (Å²) in [5.74, 6) is 0.581. The summed E-state index contributed by atoms with van der Waals surface area (Å²) in [5, 5.41) is 15.2. The van der Waals surface area contributed by atoms with Crippen LogP contribution in [0.25, 0.3) is 11.4 Å². The van der Waals surface area contributed by atoms with Crippen LogP contribution in [0.15, 0.2) is 53.1 Å². The van der Waals surface area contributed by atoms with Crippen molar-refractivity contribution in [2.45, 2.75) is 25.8 Å². The number of nitrogens with zero attached hydrogens (tertiary/aromatic N) is 4. The average Bonchev–Trinajstić information content (AvgIpc) is 3.37. The van der Waals surface area contributed by atoms with Crippen LogP contribution in [0.5, 0.6) is 0 Å². The SMILES string of the molecule is Cc1ccc(C(=O)N2CCC[C@@H]2c2nc(-c3ccccc3)no2)cc1[N+](=O)[O-]. The third kappa shape index (κ3) is 3.24. The molecule has 0 saturated carbocycles. The first kappa shape index (κ1) is 17.8. The van der Waals surface area contributed by atoms with E-state index in [4.69, 9.17) is 4.52 Å². The van der Waals surface area contributed by atoms with E-state index in [9.17, 15) is 14.9 Å². The maximum Gasteiger partial charge on any atom is 0.273 e. The second-order valence-corrected chi connectivity index (χ2v) is 6.74. The smallest absolute Gasteiger partial charge is 0.273 e. The van der Waals surface area contributed by atoms with Gasteiger partial charge < -0.3 is 9.42 Å². The van der Waals surface area contributed by atoms with Gasteiger partial charge in [-0.25, -0.2) is 0 Å². The summed E-state index contributed by atoms with van der Waals surface area (Å²) in [6.45, 7) is 2.18. The third-order valence-corrected chi connectivity index (χ3v) is 4.93. The molecule has 0 N–H and O–H groups in total. The molecule has 2 heterocycles. The van der Waals surface area contributed by atoms with Gasteiger partial charge in [-0.2, -0.15) is 4.98 Å². The van der Waals surface area contributed by atoms with Gasteiger partial charge in [0.2, 0.25) is 11.7 Å². The number of nitro groups is 1. The summed E-state index contributed by atoms with van der Waals surface area (Å²) in [6, 6.07) is 13.7. The van der Waals surface area contributed by atoms with Gasteiger partial charge in [0.05, 0.1) is 4.92 Å². The van der Waals surface area contributed by atoms with Crippen molar-refractivity contribution in [1.29, 1.82) is 0 Å². The summed E-state index contributed by atoms with van der Waals surface area (Å²) in [4.78, 5) is 29.8. The first-order chi connectivity index (χ1) is 13.5. The minimum Gasteiger partial charge on any atom is -0.337 e. The number of aryl methyl sites for hydroxylation is 1. The van der Waals surface area contributed by atoms with E-state index >= 15 is 0 Å². The molecule has 1 atom stereocenters. The largest absolute Gasteiger partial charge is 0.337 e. The second kappa shape index (κ2) is 7.22.